The quantitative estimate of drug-likeness (QED) is 0.878. The van der Waals surface area contributed by atoms with Gasteiger partial charge in [-0.25, -0.2) is 8.42 Å². The van der Waals surface area contributed by atoms with Crippen LogP contribution in [0, 0.1) is 0 Å². The summed E-state index contributed by atoms with van der Waals surface area (Å²) in [6.07, 6.45) is 1.51. The number of hydrogen-bond acceptors (Lipinski definition) is 4. The van der Waals surface area contributed by atoms with Crippen molar-refractivity contribution in [2.45, 2.75) is 24.3 Å². The number of nitrogens with zero attached hydrogens (tertiary/aromatic N) is 2. The van der Waals surface area contributed by atoms with Crippen LogP contribution >= 0.6 is 0 Å². The minimum absolute atomic E-state index is 0.105. The predicted molar refractivity (Wildman–Crippen MR) is 75.7 cm³/mol. The van der Waals surface area contributed by atoms with Crippen LogP contribution in [0.4, 0.5) is 5.82 Å². The van der Waals surface area contributed by atoms with Crippen LogP contribution in [0.5, 0.6) is 0 Å². The molecule has 2 N–H and O–H groups in total. The van der Waals surface area contributed by atoms with Crippen LogP contribution < -0.4 is 4.72 Å². The molecule has 0 saturated heterocycles. The SMILES string of the molecule is CCC(O)c1cccc(S(=O)(=O)Nc2ccn(C)n2)c1. The molecule has 1 unspecified atom stereocenters. The summed E-state index contributed by atoms with van der Waals surface area (Å²) in [6, 6.07) is 7.84. The molecule has 0 bridgehead atoms. The number of sulfonamides is 1. The van der Waals surface area contributed by atoms with Gasteiger partial charge in [0.15, 0.2) is 5.82 Å². The topological polar surface area (TPSA) is 84.2 Å². The Morgan fingerprint density at radius 2 is 2.15 bits per heavy atom. The van der Waals surface area contributed by atoms with Gasteiger partial charge >= 0.3 is 0 Å². The monoisotopic (exact) mass is 295 g/mol. The van der Waals surface area contributed by atoms with Crippen LogP contribution in [-0.4, -0.2) is 23.3 Å². The Morgan fingerprint density at radius 3 is 2.75 bits per heavy atom. The maximum Gasteiger partial charge on any atom is 0.263 e. The molecule has 0 amide bonds. The first-order valence-corrected chi connectivity index (χ1v) is 7.71. The number of benzene rings is 1. The van der Waals surface area contributed by atoms with Gasteiger partial charge in [0, 0.05) is 19.3 Å². The number of rotatable bonds is 5. The first-order valence-electron chi connectivity index (χ1n) is 6.23. The highest BCUT2D eigenvalue weighted by atomic mass is 32.2. The Labute approximate surface area is 118 Å². The molecular formula is C13H17N3O3S. The van der Waals surface area contributed by atoms with E-state index in [9.17, 15) is 13.5 Å². The van der Waals surface area contributed by atoms with Crippen molar-refractivity contribution in [3.63, 3.8) is 0 Å². The molecule has 0 aliphatic rings. The molecule has 2 aromatic rings. The number of aromatic nitrogens is 2. The van der Waals surface area contributed by atoms with E-state index in [1.807, 2.05) is 6.92 Å². The lowest BCUT2D eigenvalue weighted by molar-refractivity contribution is 0.173. The van der Waals surface area contributed by atoms with E-state index in [0.29, 0.717) is 12.0 Å². The maximum atomic E-state index is 12.2. The second-order valence-electron chi connectivity index (χ2n) is 4.48. The van der Waals surface area contributed by atoms with Crippen molar-refractivity contribution in [1.29, 1.82) is 0 Å². The van der Waals surface area contributed by atoms with Gasteiger partial charge in [-0.15, -0.1) is 0 Å². The number of nitrogens with one attached hydrogen (secondary N) is 1. The number of anilines is 1. The van der Waals surface area contributed by atoms with E-state index in [1.54, 1.807) is 31.4 Å². The van der Waals surface area contributed by atoms with E-state index >= 15 is 0 Å². The van der Waals surface area contributed by atoms with Gasteiger partial charge in [-0.1, -0.05) is 19.1 Å². The van der Waals surface area contributed by atoms with Crippen LogP contribution in [0.2, 0.25) is 0 Å². The van der Waals surface area contributed by atoms with Gasteiger partial charge in [0.1, 0.15) is 0 Å². The lowest BCUT2D eigenvalue weighted by Crippen LogP contribution is -2.14. The van der Waals surface area contributed by atoms with Crippen molar-refractivity contribution in [3.8, 4) is 0 Å². The fourth-order valence-electron chi connectivity index (χ4n) is 1.79. The van der Waals surface area contributed by atoms with E-state index < -0.39 is 16.1 Å². The second-order valence-corrected chi connectivity index (χ2v) is 6.16. The molecule has 0 aliphatic carbocycles. The molecule has 1 atom stereocenters. The van der Waals surface area contributed by atoms with Gasteiger partial charge < -0.3 is 5.11 Å². The Bertz CT molecular complexity index is 694. The van der Waals surface area contributed by atoms with Gasteiger partial charge in [0.2, 0.25) is 0 Å². The van der Waals surface area contributed by atoms with Crippen LogP contribution in [0.15, 0.2) is 41.4 Å². The Hall–Kier alpha value is -1.86. The van der Waals surface area contributed by atoms with Gasteiger partial charge in [0.05, 0.1) is 11.0 Å². The molecule has 108 valence electrons. The van der Waals surface area contributed by atoms with E-state index in [2.05, 4.69) is 9.82 Å². The summed E-state index contributed by atoms with van der Waals surface area (Å²) < 4.78 is 28.4. The van der Waals surface area contributed by atoms with E-state index in [-0.39, 0.29) is 10.7 Å². The van der Waals surface area contributed by atoms with Crippen molar-refractivity contribution in [1.82, 2.24) is 9.78 Å². The first kappa shape index (κ1) is 14.5. The smallest absolute Gasteiger partial charge is 0.263 e. The fraction of sp³-hybridized carbons (Fsp3) is 0.308. The summed E-state index contributed by atoms with van der Waals surface area (Å²) in [5, 5.41) is 13.8. The summed E-state index contributed by atoms with van der Waals surface area (Å²) in [6.45, 7) is 1.83. The molecule has 1 heterocycles. The van der Waals surface area contributed by atoms with Crippen molar-refractivity contribution in [3.05, 3.63) is 42.1 Å². The highest BCUT2D eigenvalue weighted by Gasteiger charge is 2.17. The van der Waals surface area contributed by atoms with E-state index in [1.165, 1.54) is 16.8 Å². The van der Waals surface area contributed by atoms with Crippen molar-refractivity contribution < 1.29 is 13.5 Å². The standard InChI is InChI=1S/C13H17N3O3S/c1-3-12(17)10-5-4-6-11(9-10)20(18,19)15-13-7-8-16(2)14-13/h4-9,12,17H,3H2,1-2H3,(H,14,15). The summed E-state index contributed by atoms with van der Waals surface area (Å²) >= 11 is 0. The minimum atomic E-state index is -3.70. The zero-order valence-electron chi connectivity index (χ0n) is 11.3. The molecule has 0 aliphatic heterocycles. The van der Waals surface area contributed by atoms with E-state index in [0.717, 1.165) is 0 Å². The zero-order valence-corrected chi connectivity index (χ0v) is 12.1. The third-order valence-corrected chi connectivity index (χ3v) is 4.24. The van der Waals surface area contributed by atoms with Gasteiger partial charge in [-0.3, -0.25) is 9.40 Å². The third kappa shape index (κ3) is 3.17. The van der Waals surface area contributed by atoms with Crippen LogP contribution in [-0.2, 0) is 17.1 Å². The first-order chi connectivity index (χ1) is 9.42. The van der Waals surface area contributed by atoms with Crippen molar-refractivity contribution >= 4 is 15.8 Å². The normalized spacial score (nSPS) is 13.2. The second kappa shape index (κ2) is 5.64. The average molecular weight is 295 g/mol. The predicted octanol–water partition coefficient (Wildman–Crippen LogP) is 1.66. The molecule has 20 heavy (non-hydrogen) atoms. The summed E-state index contributed by atoms with van der Waals surface area (Å²) in [7, 11) is -2.00. The van der Waals surface area contributed by atoms with Crippen LogP contribution in [0.25, 0.3) is 0 Å². The Morgan fingerprint density at radius 1 is 1.40 bits per heavy atom. The lowest BCUT2D eigenvalue weighted by Gasteiger charge is -2.10. The lowest BCUT2D eigenvalue weighted by atomic mass is 10.1. The molecule has 0 radical (unpaired) electrons. The largest absolute Gasteiger partial charge is 0.388 e. The summed E-state index contributed by atoms with van der Waals surface area (Å²) in [4.78, 5) is 0.105. The highest BCUT2D eigenvalue weighted by molar-refractivity contribution is 7.92. The number of aliphatic hydroxyl groups is 1. The fourth-order valence-corrected chi connectivity index (χ4v) is 2.84. The molecule has 0 spiro atoms. The molecule has 0 saturated carbocycles. The summed E-state index contributed by atoms with van der Waals surface area (Å²) in [5.74, 6) is 0.258. The Balaban J connectivity index is 2.29. The van der Waals surface area contributed by atoms with Crippen molar-refractivity contribution in [2.24, 2.45) is 7.05 Å². The molecule has 7 heteroatoms. The third-order valence-electron chi connectivity index (χ3n) is 2.89. The minimum Gasteiger partial charge on any atom is -0.388 e. The van der Waals surface area contributed by atoms with Crippen LogP contribution in [0.3, 0.4) is 0 Å². The average Bonchev–Trinajstić information content (AvgIpc) is 2.82. The molecule has 6 nitrogen and oxygen atoms in total. The number of hydrogen-bond donors (Lipinski definition) is 2. The molecule has 2 rings (SSSR count). The van der Waals surface area contributed by atoms with Crippen LogP contribution in [0.1, 0.15) is 25.0 Å². The number of aryl methyl sites for hydroxylation is 1. The highest BCUT2D eigenvalue weighted by Crippen LogP contribution is 2.21. The molecule has 0 fully saturated rings. The summed E-state index contributed by atoms with van der Waals surface area (Å²) in [5.41, 5.74) is 0.580. The van der Waals surface area contributed by atoms with E-state index in [4.69, 9.17) is 0 Å². The molecular weight excluding hydrogens is 278 g/mol. The zero-order chi connectivity index (χ0) is 14.8. The van der Waals surface area contributed by atoms with Gasteiger partial charge in [-0.2, -0.15) is 5.10 Å². The maximum absolute atomic E-state index is 12.2. The van der Waals surface area contributed by atoms with Crippen molar-refractivity contribution in [2.75, 3.05) is 4.72 Å². The van der Waals surface area contributed by atoms with Gasteiger partial charge in [-0.05, 0) is 24.1 Å². The molecule has 1 aromatic heterocycles. The number of aliphatic hydroxyl groups excluding tert-OH is 1. The Kier molecular flexibility index (Phi) is 4.10. The van der Waals surface area contributed by atoms with Gasteiger partial charge in [0.25, 0.3) is 10.0 Å². The molecule has 1 aromatic carbocycles.